The number of nitrogens with two attached hydrogens (primary N) is 1. The molecule has 0 unspecified atom stereocenters. The van der Waals surface area contributed by atoms with E-state index in [-0.39, 0.29) is 0 Å². The summed E-state index contributed by atoms with van der Waals surface area (Å²) >= 11 is 0. The lowest BCUT2D eigenvalue weighted by molar-refractivity contribution is 0.365. The van der Waals surface area contributed by atoms with Gasteiger partial charge in [0.2, 0.25) is 0 Å². The highest BCUT2D eigenvalue weighted by Gasteiger charge is 2.18. The Morgan fingerprint density at radius 2 is 2.00 bits per heavy atom. The number of hydrogen-bond acceptors (Lipinski definition) is 5. The fraction of sp³-hybridized carbons (Fsp3) is 0. The molecular formula is C9H6N2O3. The Morgan fingerprint density at radius 3 is 2.93 bits per heavy atom. The second kappa shape index (κ2) is 2.41. The van der Waals surface area contributed by atoms with Crippen LogP contribution in [0.2, 0.25) is 0 Å². The minimum Gasteiger partial charge on any atom is -0.458 e. The van der Waals surface area contributed by atoms with Crippen molar-refractivity contribution in [3.8, 4) is 11.5 Å². The highest BCUT2D eigenvalue weighted by Crippen LogP contribution is 2.40. The van der Waals surface area contributed by atoms with Crippen LogP contribution in [0.5, 0.6) is 11.5 Å². The van der Waals surface area contributed by atoms with Gasteiger partial charge in [-0.05, 0) is 12.1 Å². The van der Waals surface area contributed by atoms with Crippen LogP contribution in [0, 0.1) is 0 Å². The molecule has 1 aromatic heterocycles. The Bertz CT molecular complexity index is 530. The number of benzene rings is 1. The molecule has 1 aromatic carbocycles. The molecule has 2 aromatic rings. The number of fused-ring (bicyclic) bond motifs is 3. The zero-order valence-electron chi connectivity index (χ0n) is 7.06. The van der Waals surface area contributed by atoms with Crippen LogP contribution in [-0.4, -0.2) is 5.16 Å². The zero-order valence-corrected chi connectivity index (χ0v) is 7.06. The lowest BCUT2D eigenvalue weighted by atomic mass is 10.2. The van der Waals surface area contributed by atoms with E-state index < -0.39 is 0 Å². The van der Waals surface area contributed by atoms with Crippen LogP contribution in [0.3, 0.4) is 0 Å². The number of aromatic nitrogens is 1. The first-order chi connectivity index (χ1) is 6.86. The van der Waals surface area contributed by atoms with Gasteiger partial charge >= 0.3 is 0 Å². The molecule has 14 heavy (non-hydrogen) atoms. The average Bonchev–Trinajstić information content (AvgIpc) is 2.61. The molecule has 1 aliphatic heterocycles. The van der Waals surface area contributed by atoms with Crippen LogP contribution in [0.15, 0.2) is 29.2 Å². The smallest absolute Gasteiger partial charge is 0.184 e. The van der Waals surface area contributed by atoms with Crippen molar-refractivity contribution in [1.82, 2.24) is 5.16 Å². The maximum absolute atomic E-state index is 5.64. The van der Waals surface area contributed by atoms with Crippen LogP contribution in [0.1, 0.15) is 0 Å². The second-order valence-corrected chi connectivity index (χ2v) is 2.84. The van der Waals surface area contributed by atoms with Crippen molar-refractivity contribution in [3.63, 3.8) is 0 Å². The molecule has 0 saturated heterocycles. The molecule has 0 saturated carbocycles. The van der Waals surface area contributed by atoms with Gasteiger partial charge in [-0.2, -0.15) is 0 Å². The van der Waals surface area contributed by atoms with Crippen molar-refractivity contribution >= 4 is 16.8 Å². The summed E-state index contributed by atoms with van der Waals surface area (Å²) in [6.07, 6.45) is 2.89. The third kappa shape index (κ3) is 0.806. The monoisotopic (exact) mass is 190 g/mol. The summed E-state index contributed by atoms with van der Waals surface area (Å²) in [5.74, 6) is 1.45. The number of nitrogen functional groups attached to an aromatic ring is 1. The van der Waals surface area contributed by atoms with Gasteiger partial charge in [-0.1, -0.05) is 5.16 Å². The van der Waals surface area contributed by atoms with E-state index in [0.717, 1.165) is 0 Å². The number of hydrogen-bond donors (Lipinski definition) is 1. The van der Waals surface area contributed by atoms with Gasteiger partial charge in [-0.25, -0.2) is 0 Å². The molecule has 5 nitrogen and oxygen atoms in total. The Balaban J connectivity index is 2.41. The lowest BCUT2D eigenvalue weighted by Gasteiger charge is -2.11. The van der Waals surface area contributed by atoms with Gasteiger partial charge in [0.1, 0.15) is 17.9 Å². The molecular weight excluding hydrogens is 184 g/mol. The van der Waals surface area contributed by atoms with Crippen molar-refractivity contribution in [2.45, 2.75) is 0 Å². The van der Waals surface area contributed by atoms with Gasteiger partial charge in [0.25, 0.3) is 0 Å². The summed E-state index contributed by atoms with van der Waals surface area (Å²) in [7, 11) is 0. The normalized spacial score (nSPS) is 13.4. The maximum Gasteiger partial charge on any atom is 0.184 e. The highest BCUT2D eigenvalue weighted by molar-refractivity contribution is 5.95. The van der Waals surface area contributed by atoms with Crippen LogP contribution in [0.4, 0.5) is 5.82 Å². The zero-order chi connectivity index (χ0) is 9.54. The number of rotatable bonds is 0. The summed E-state index contributed by atoms with van der Waals surface area (Å²) in [6, 6.07) is 3.48. The predicted octanol–water partition coefficient (Wildman–Crippen LogP) is 1.65. The average molecular weight is 190 g/mol. The van der Waals surface area contributed by atoms with Gasteiger partial charge in [0.15, 0.2) is 22.9 Å². The summed E-state index contributed by atoms with van der Waals surface area (Å²) in [5, 5.41) is 4.29. The largest absolute Gasteiger partial charge is 0.458 e. The van der Waals surface area contributed by atoms with E-state index in [1.165, 1.54) is 12.5 Å². The van der Waals surface area contributed by atoms with E-state index in [0.29, 0.717) is 28.3 Å². The van der Waals surface area contributed by atoms with Gasteiger partial charge in [-0.3, -0.25) is 0 Å². The van der Waals surface area contributed by atoms with Crippen molar-refractivity contribution < 1.29 is 14.0 Å². The van der Waals surface area contributed by atoms with Crippen molar-refractivity contribution in [2.75, 3.05) is 5.73 Å². The lowest BCUT2D eigenvalue weighted by Crippen LogP contribution is -1.97. The van der Waals surface area contributed by atoms with E-state index in [1.54, 1.807) is 12.1 Å². The standard InChI is InChI=1S/C9H6N2O3/c10-9-7-5(14-11-9)1-2-6-8(7)13-4-3-12-6/h1-4H,(H2,10,11). The molecule has 0 fully saturated rings. The van der Waals surface area contributed by atoms with Crippen molar-refractivity contribution in [2.24, 2.45) is 0 Å². The van der Waals surface area contributed by atoms with E-state index in [9.17, 15) is 0 Å². The molecule has 5 heteroatoms. The molecule has 2 heterocycles. The first kappa shape index (κ1) is 7.25. The van der Waals surface area contributed by atoms with Crippen LogP contribution in [0.25, 0.3) is 11.0 Å². The van der Waals surface area contributed by atoms with E-state index >= 15 is 0 Å². The first-order valence-corrected chi connectivity index (χ1v) is 4.02. The highest BCUT2D eigenvalue weighted by atomic mass is 16.5. The van der Waals surface area contributed by atoms with Crippen molar-refractivity contribution in [3.05, 3.63) is 24.7 Å². The minimum atomic E-state index is 0.302. The van der Waals surface area contributed by atoms with Crippen LogP contribution < -0.4 is 15.2 Å². The molecule has 0 atom stereocenters. The predicted molar refractivity (Wildman–Crippen MR) is 48.8 cm³/mol. The third-order valence-corrected chi connectivity index (χ3v) is 2.02. The van der Waals surface area contributed by atoms with Crippen molar-refractivity contribution in [1.29, 1.82) is 0 Å². The Morgan fingerprint density at radius 1 is 1.14 bits per heavy atom. The fourth-order valence-corrected chi connectivity index (χ4v) is 1.41. The number of anilines is 1. The molecule has 0 aliphatic carbocycles. The van der Waals surface area contributed by atoms with Crippen LogP contribution in [-0.2, 0) is 0 Å². The molecule has 1 aliphatic rings. The summed E-state index contributed by atoms with van der Waals surface area (Å²) in [4.78, 5) is 0. The molecule has 0 spiro atoms. The molecule has 0 radical (unpaired) electrons. The summed E-state index contributed by atoms with van der Waals surface area (Å²) in [6.45, 7) is 0. The summed E-state index contributed by atoms with van der Waals surface area (Å²) < 4.78 is 15.5. The molecule has 70 valence electrons. The number of nitrogens with zero attached hydrogens (tertiary/aromatic N) is 1. The Hall–Kier alpha value is -2.17. The van der Waals surface area contributed by atoms with Crippen LogP contribution >= 0.6 is 0 Å². The molecule has 2 N–H and O–H groups in total. The van der Waals surface area contributed by atoms with Gasteiger partial charge in [0.05, 0.1) is 0 Å². The van der Waals surface area contributed by atoms with Gasteiger partial charge < -0.3 is 19.7 Å². The quantitative estimate of drug-likeness (QED) is 0.683. The Kier molecular flexibility index (Phi) is 1.25. The first-order valence-electron chi connectivity index (χ1n) is 4.02. The summed E-state index contributed by atoms with van der Waals surface area (Å²) in [5.41, 5.74) is 6.22. The molecule has 3 rings (SSSR count). The fourth-order valence-electron chi connectivity index (χ4n) is 1.41. The molecule has 0 amide bonds. The van der Waals surface area contributed by atoms with E-state index in [2.05, 4.69) is 5.16 Å². The van der Waals surface area contributed by atoms with Gasteiger partial charge in [-0.15, -0.1) is 0 Å². The van der Waals surface area contributed by atoms with E-state index in [4.69, 9.17) is 19.7 Å². The minimum absolute atomic E-state index is 0.302. The maximum atomic E-state index is 5.64. The third-order valence-electron chi connectivity index (χ3n) is 2.02. The topological polar surface area (TPSA) is 70.5 Å². The SMILES string of the molecule is Nc1noc2ccc3c(c12)OC=CO3. The Labute approximate surface area is 78.7 Å². The molecule has 0 bridgehead atoms. The van der Waals surface area contributed by atoms with Gasteiger partial charge in [0, 0.05) is 0 Å². The second-order valence-electron chi connectivity index (χ2n) is 2.84. The number of ether oxygens (including phenoxy) is 2. The van der Waals surface area contributed by atoms with E-state index in [1.807, 2.05) is 0 Å².